The first kappa shape index (κ1) is 19.8. The molecule has 0 saturated heterocycles. The monoisotopic (exact) mass is 445 g/mol. The Balaban J connectivity index is 1.76. The van der Waals surface area contributed by atoms with E-state index in [1.54, 1.807) is 6.21 Å². The van der Waals surface area contributed by atoms with Crippen LogP contribution in [0, 0.1) is 0 Å². The zero-order valence-electron chi connectivity index (χ0n) is 14.8. The van der Waals surface area contributed by atoms with Gasteiger partial charge in [-0.3, -0.25) is 4.79 Å². The van der Waals surface area contributed by atoms with Gasteiger partial charge in [0.2, 0.25) is 5.91 Å². The van der Waals surface area contributed by atoms with Crippen molar-refractivity contribution in [1.82, 2.24) is 5.32 Å². The third-order valence-corrected chi connectivity index (χ3v) is 6.12. The summed E-state index contributed by atoms with van der Waals surface area (Å²) in [6.45, 7) is 1.73. The predicted molar refractivity (Wildman–Crippen MR) is 114 cm³/mol. The van der Waals surface area contributed by atoms with Gasteiger partial charge in [0, 0.05) is 15.3 Å². The average molecular weight is 446 g/mol. The van der Waals surface area contributed by atoms with Crippen molar-refractivity contribution < 1.29 is 9.90 Å². The largest absolute Gasteiger partial charge is 0.390 e. The van der Waals surface area contributed by atoms with Gasteiger partial charge >= 0.3 is 0 Å². The van der Waals surface area contributed by atoms with E-state index in [4.69, 9.17) is 0 Å². The fourth-order valence-corrected chi connectivity index (χ4v) is 4.00. The molecule has 0 aliphatic carbocycles. The van der Waals surface area contributed by atoms with Crippen LogP contribution >= 0.6 is 27.7 Å². The number of carbonyl (C=O) groups is 1. The van der Waals surface area contributed by atoms with E-state index in [2.05, 4.69) is 31.4 Å². The second-order valence-corrected chi connectivity index (χ2v) is 8.21. The SMILES string of the molecule is CC(c1ccccc1)C1(NC(=O)CSc2ccc(Br)cc2)C=NN=C1CO. The van der Waals surface area contributed by atoms with Crippen molar-refractivity contribution in [2.75, 3.05) is 12.4 Å². The normalized spacial score (nSPS) is 19.6. The van der Waals surface area contributed by atoms with Gasteiger partial charge in [0.15, 0.2) is 0 Å². The molecule has 1 amide bonds. The quantitative estimate of drug-likeness (QED) is 0.638. The molecular formula is C20H20BrN3O2S. The average Bonchev–Trinajstić information content (AvgIpc) is 3.11. The van der Waals surface area contributed by atoms with Gasteiger partial charge in [0.05, 0.1) is 24.3 Å². The molecule has 7 heteroatoms. The summed E-state index contributed by atoms with van der Waals surface area (Å²) in [4.78, 5) is 13.7. The number of thioether (sulfide) groups is 1. The van der Waals surface area contributed by atoms with Crippen molar-refractivity contribution in [3.05, 3.63) is 64.6 Å². The molecule has 27 heavy (non-hydrogen) atoms. The minimum Gasteiger partial charge on any atom is -0.390 e. The molecule has 3 rings (SSSR count). The van der Waals surface area contributed by atoms with Gasteiger partial charge in [0.25, 0.3) is 0 Å². The van der Waals surface area contributed by atoms with E-state index in [0.29, 0.717) is 5.71 Å². The number of aliphatic hydroxyl groups excluding tert-OH is 1. The van der Waals surface area contributed by atoms with E-state index < -0.39 is 5.54 Å². The van der Waals surface area contributed by atoms with E-state index in [1.807, 2.05) is 61.5 Å². The van der Waals surface area contributed by atoms with Crippen molar-refractivity contribution in [2.45, 2.75) is 23.3 Å². The van der Waals surface area contributed by atoms with Gasteiger partial charge in [-0.2, -0.15) is 10.2 Å². The van der Waals surface area contributed by atoms with Crippen LogP contribution in [0.4, 0.5) is 0 Å². The number of benzene rings is 2. The Morgan fingerprint density at radius 3 is 2.59 bits per heavy atom. The molecule has 1 heterocycles. The summed E-state index contributed by atoms with van der Waals surface area (Å²) in [6, 6.07) is 17.6. The number of rotatable bonds is 7. The van der Waals surface area contributed by atoms with Crippen molar-refractivity contribution in [3.8, 4) is 0 Å². The van der Waals surface area contributed by atoms with Crippen molar-refractivity contribution in [2.24, 2.45) is 10.2 Å². The lowest BCUT2D eigenvalue weighted by atomic mass is 9.78. The summed E-state index contributed by atoms with van der Waals surface area (Å²) in [5.41, 5.74) is 0.557. The summed E-state index contributed by atoms with van der Waals surface area (Å²) < 4.78 is 0.998. The minimum absolute atomic E-state index is 0.127. The number of amides is 1. The second kappa shape index (κ2) is 8.82. The zero-order chi connectivity index (χ0) is 19.3. The standard InChI is InChI=1S/C20H20BrN3O2S/c1-14(15-5-3-2-4-6-15)20(13-22-24-18(20)11-25)23-19(26)12-27-17-9-7-16(21)8-10-17/h2-10,13-14,25H,11-12H2,1H3,(H,23,26). The fraction of sp³-hybridized carbons (Fsp3) is 0.250. The van der Waals surface area contributed by atoms with Gasteiger partial charge in [-0.05, 0) is 29.8 Å². The molecule has 2 unspecified atom stereocenters. The zero-order valence-corrected chi connectivity index (χ0v) is 17.2. The lowest BCUT2D eigenvalue weighted by Gasteiger charge is -2.35. The fourth-order valence-electron chi connectivity index (χ4n) is 3.03. The van der Waals surface area contributed by atoms with Crippen LogP contribution in [0.3, 0.4) is 0 Å². The number of aliphatic hydroxyl groups is 1. The van der Waals surface area contributed by atoms with E-state index >= 15 is 0 Å². The lowest BCUT2D eigenvalue weighted by molar-refractivity contribution is -0.119. The van der Waals surface area contributed by atoms with Crippen LogP contribution in [0.2, 0.25) is 0 Å². The molecule has 2 atom stereocenters. The number of nitrogens with one attached hydrogen (secondary N) is 1. The number of hydrogen-bond acceptors (Lipinski definition) is 5. The van der Waals surface area contributed by atoms with E-state index in [-0.39, 0.29) is 24.2 Å². The third-order valence-electron chi connectivity index (χ3n) is 4.58. The van der Waals surface area contributed by atoms with E-state index in [0.717, 1.165) is 14.9 Å². The highest BCUT2D eigenvalue weighted by Gasteiger charge is 2.44. The first-order valence-electron chi connectivity index (χ1n) is 8.52. The topological polar surface area (TPSA) is 74.0 Å². The minimum atomic E-state index is -0.923. The molecule has 140 valence electrons. The van der Waals surface area contributed by atoms with Crippen molar-refractivity contribution in [1.29, 1.82) is 0 Å². The van der Waals surface area contributed by atoms with Gasteiger partial charge in [0.1, 0.15) is 5.54 Å². The van der Waals surface area contributed by atoms with Crippen LogP contribution in [-0.2, 0) is 4.79 Å². The second-order valence-electron chi connectivity index (χ2n) is 6.24. The van der Waals surface area contributed by atoms with E-state index in [9.17, 15) is 9.90 Å². The maximum absolute atomic E-state index is 12.7. The maximum Gasteiger partial charge on any atom is 0.231 e. The van der Waals surface area contributed by atoms with Crippen LogP contribution in [0.5, 0.6) is 0 Å². The van der Waals surface area contributed by atoms with Crippen LogP contribution in [0.25, 0.3) is 0 Å². The van der Waals surface area contributed by atoms with Gasteiger partial charge in [-0.15, -0.1) is 11.8 Å². The predicted octanol–water partition coefficient (Wildman–Crippen LogP) is 3.63. The molecule has 1 aliphatic rings. The van der Waals surface area contributed by atoms with Crippen LogP contribution in [-0.4, -0.2) is 40.8 Å². The molecule has 0 saturated carbocycles. The molecule has 5 nitrogen and oxygen atoms in total. The number of hydrogen-bond donors (Lipinski definition) is 2. The number of carbonyl (C=O) groups excluding carboxylic acids is 1. The Labute approximate surface area is 171 Å². The molecule has 0 bridgehead atoms. The highest BCUT2D eigenvalue weighted by Crippen LogP contribution is 2.31. The molecule has 0 fully saturated rings. The van der Waals surface area contributed by atoms with Gasteiger partial charge < -0.3 is 10.4 Å². The van der Waals surface area contributed by atoms with Gasteiger partial charge in [-0.1, -0.05) is 53.2 Å². The summed E-state index contributed by atoms with van der Waals surface area (Å²) >= 11 is 4.86. The summed E-state index contributed by atoms with van der Waals surface area (Å²) in [5, 5.41) is 20.9. The summed E-state index contributed by atoms with van der Waals surface area (Å²) in [7, 11) is 0. The third kappa shape index (κ3) is 4.48. The summed E-state index contributed by atoms with van der Waals surface area (Å²) in [6.07, 6.45) is 1.62. The van der Waals surface area contributed by atoms with Crippen LogP contribution in [0.1, 0.15) is 18.4 Å². The molecule has 2 aromatic rings. The lowest BCUT2D eigenvalue weighted by Crippen LogP contribution is -2.59. The molecule has 2 N–H and O–H groups in total. The smallest absolute Gasteiger partial charge is 0.231 e. The van der Waals surface area contributed by atoms with Crippen LogP contribution < -0.4 is 5.32 Å². The maximum atomic E-state index is 12.7. The molecular weight excluding hydrogens is 426 g/mol. The molecule has 1 aliphatic heterocycles. The molecule has 2 aromatic carbocycles. The van der Waals surface area contributed by atoms with E-state index in [1.165, 1.54) is 11.8 Å². The van der Waals surface area contributed by atoms with Crippen molar-refractivity contribution >= 4 is 45.5 Å². The molecule has 0 aromatic heterocycles. The first-order valence-corrected chi connectivity index (χ1v) is 10.3. The van der Waals surface area contributed by atoms with Gasteiger partial charge in [-0.25, -0.2) is 0 Å². The Hall–Kier alpha value is -1.96. The highest BCUT2D eigenvalue weighted by atomic mass is 79.9. The van der Waals surface area contributed by atoms with Crippen molar-refractivity contribution in [3.63, 3.8) is 0 Å². The molecule has 0 radical (unpaired) electrons. The number of halogens is 1. The number of nitrogens with zero attached hydrogens (tertiary/aromatic N) is 2. The Morgan fingerprint density at radius 1 is 1.22 bits per heavy atom. The first-order chi connectivity index (χ1) is 13.0. The molecule has 0 spiro atoms. The Bertz CT molecular complexity index is 855. The van der Waals surface area contributed by atoms with Crippen LogP contribution in [0.15, 0.2) is 74.2 Å². The Morgan fingerprint density at radius 2 is 1.93 bits per heavy atom. The summed E-state index contributed by atoms with van der Waals surface area (Å²) in [5.74, 6) is -0.00469. The Kier molecular flexibility index (Phi) is 6.46. The highest BCUT2D eigenvalue weighted by molar-refractivity contribution is 9.10.